The van der Waals surface area contributed by atoms with Crippen molar-refractivity contribution in [3.8, 4) is 5.75 Å². The highest BCUT2D eigenvalue weighted by Gasteiger charge is 2.07. The smallest absolute Gasteiger partial charge is 0.155 e. The van der Waals surface area contributed by atoms with E-state index in [0.29, 0.717) is 5.15 Å². The standard InChI is InChI=1S/C9H9ClN2O/c1-2-8-11-9(10)7-4-3-6(13)5-12(7)8/h3-5,13H,2H2,1H3. The average Bonchev–Trinajstić information content (AvgIpc) is 2.42. The molecule has 2 heterocycles. The number of halogens is 1. The van der Waals surface area contributed by atoms with Crippen molar-refractivity contribution >= 4 is 17.1 Å². The van der Waals surface area contributed by atoms with Crippen molar-refractivity contribution in [2.45, 2.75) is 13.3 Å². The van der Waals surface area contributed by atoms with Crippen LogP contribution in [0.2, 0.25) is 5.15 Å². The van der Waals surface area contributed by atoms with Crippen LogP contribution < -0.4 is 0 Å². The van der Waals surface area contributed by atoms with Gasteiger partial charge < -0.3 is 5.11 Å². The molecular formula is C9H9ClN2O. The lowest BCUT2D eigenvalue weighted by atomic mass is 10.4. The number of hydrogen-bond donors (Lipinski definition) is 1. The fourth-order valence-corrected chi connectivity index (χ4v) is 1.60. The molecule has 0 saturated carbocycles. The molecule has 0 saturated heterocycles. The predicted molar refractivity (Wildman–Crippen MR) is 51.2 cm³/mol. The first-order valence-electron chi connectivity index (χ1n) is 4.08. The molecule has 0 aromatic carbocycles. The van der Waals surface area contributed by atoms with Crippen LogP contribution in [-0.2, 0) is 6.42 Å². The van der Waals surface area contributed by atoms with E-state index in [1.807, 2.05) is 6.92 Å². The Labute approximate surface area is 80.6 Å². The lowest BCUT2D eigenvalue weighted by Crippen LogP contribution is -1.90. The topological polar surface area (TPSA) is 37.5 Å². The predicted octanol–water partition coefficient (Wildman–Crippen LogP) is 2.26. The molecule has 13 heavy (non-hydrogen) atoms. The van der Waals surface area contributed by atoms with E-state index in [9.17, 15) is 5.11 Å². The molecule has 0 amide bonds. The lowest BCUT2D eigenvalue weighted by molar-refractivity contribution is 0.471. The number of hydrogen-bond acceptors (Lipinski definition) is 2. The SMILES string of the molecule is CCc1nc(Cl)c2ccc(O)cn12. The summed E-state index contributed by atoms with van der Waals surface area (Å²) in [5.41, 5.74) is 0.830. The van der Waals surface area contributed by atoms with Crippen molar-refractivity contribution in [3.05, 3.63) is 29.3 Å². The zero-order valence-corrected chi connectivity index (χ0v) is 7.91. The fourth-order valence-electron chi connectivity index (χ4n) is 1.35. The molecule has 0 bridgehead atoms. The van der Waals surface area contributed by atoms with Crippen LogP contribution in [0.5, 0.6) is 5.75 Å². The Kier molecular flexibility index (Phi) is 1.88. The summed E-state index contributed by atoms with van der Waals surface area (Å²) < 4.78 is 1.80. The summed E-state index contributed by atoms with van der Waals surface area (Å²) in [6.07, 6.45) is 2.41. The molecule has 0 atom stereocenters. The van der Waals surface area contributed by atoms with Crippen LogP contribution >= 0.6 is 11.6 Å². The van der Waals surface area contributed by atoms with Gasteiger partial charge in [-0.3, -0.25) is 4.40 Å². The normalized spacial score (nSPS) is 10.9. The molecule has 0 fully saturated rings. The van der Waals surface area contributed by atoms with E-state index in [1.165, 1.54) is 0 Å². The van der Waals surface area contributed by atoms with Gasteiger partial charge in [0.15, 0.2) is 5.15 Å². The Hall–Kier alpha value is -1.22. The summed E-state index contributed by atoms with van der Waals surface area (Å²) in [5.74, 6) is 1.08. The van der Waals surface area contributed by atoms with E-state index in [1.54, 1.807) is 22.7 Å². The Bertz CT molecular complexity index is 450. The molecule has 0 aliphatic heterocycles. The monoisotopic (exact) mass is 196 g/mol. The summed E-state index contributed by atoms with van der Waals surface area (Å²) in [6, 6.07) is 3.35. The van der Waals surface area contributed by atoms with Gasteiger partial charge in [-0.25, -0.2) is 4.98 Å². The van der Waals surface area contributed by atoms with Crippen molar-refractivity contribution in [3.63, 3.8) is 0 Å². The summed E-state index contributed by atoms with van der Waals surface area (Å²) in [7, 11) is 0. The highest BCUT2D eigenvalue weighted by Crippen LogP contribution is 2.21. The maximum Gasteiger partial charge on any atom is 0.155 e. The van der Waals surface area contributed by atoms with Crippen molar-refractivity contribution in [2.24, 2.45) is 0 Å². The summed E-state index contributed by atoms with van der Waals surface area (Å²) in [4.78, 5) is 4.17. The Morgan fingerprint density at radius 2 is 2.31 bits per heavy atom. The zero-order valence-electron chi connectivity index (χ0n) is 7.16. The molecular weight excluding hydrogens is 188 g/mol. The number of pyridine rings is 1. The molecule has 0 radical (unpaired) electrons. The van der Waals surface area contributed by atoms with Crippen LogP contribution in [0.3, 0.4) is 0 Å². The van der Waals surface area contributed by atoms with Crippen LogP contribution in [-0.4, -0.2) is 14.5 Å². The van der Waals surface area contributed by atoms with Gasteiger partial charge in [-0.1, -0.05) is 18.5 Å². The molecule has 0 aliphatic carbocycles. The lowest BCUT2D eigenvalue weighted by Gasteiger charge is -1.97. The van der Waals surface area contributed by atoms with Gasteiger partial charge in [0, 0.05) is 6.42 Å². The van der Waals surface area contributed by atoms with Gasteiger partial charge >= 0.3 is 0 Å². The molecule has 0 unspecified atom stereocenters. The van der Waals surface area contributed by atoms with Gasteiger partial charge in [0.05, 0.1) is 11.7 Å². The minimum atomic E-state index is 0.219. The molecule has 68 valence electrons. The second kappa shape index (κ2) is 2.92. The van der Waals surface area contributed by atoms with Crippen molar-refractivity contribution in [1.29, 1.82) is 0 Å². The molecule has 2 rings (SSSR count). The van der Waals surface area contributed by atoms with E-state index < -0.39 is 0 Å². The van der Waals surface area contributed by atoms with Crippen molar-refractivity contribution in [1.82, 2.24) is 9.38 Å². The molecule has 0 aliphatic rings. The number of imidazole rings is 1. The molecule has 1 N–H and O–H groups in total. The average molecular weight is 197 g/mol. The van der Waals surface area contributed by atoms with E-state index in [4.69, 9.17) is 11.6 Å². The van der Waals surface area contributed by atoms with Crippen LogP contribution in [0.4, 0.5) is 0 Å². The second-order valence-electron chi connectivity index (χ2n) is 2.81. The minimum absolute atomic E-state index is 0.219. The van der Waals surface area contributed by atoms with Gasteiger partial charge in [0.25, 0.3) is 0 Å². The molecule has 2 aromatic rings. The van der Waals surface area contributed by atoms with E-state index in [-0.39, 0.29) is 5.75 Å². The van der Waals surface area contributed by atoms with Crippen molar-refractivity contribution < 1.29 is 5.11 Å². The van der Waals surface area contributed by atoms with Gasteiger partial charge in [0.2, 0.25) is 0 Å². The maximum atomic E-state index is 9.27. The first-order valence-corrected chi connectivity index (χ1v) is 4.45. The van der Waals surface area contributed by atoms with E-state index in [0.717, 1.165) is 17.8 Å². The van der Waals surface area contributed by atoms with Crippen LogP contribution in [0.25, 0.3) is 5.52 Å². The number of aromatic nitrogens is 2. The van der Waals surface area contributed by atoms with Gasteiger partial charge in [-0.05, 0) is 12.1 Å². The second-order valence-corrected chi connectivity index (χ2v) is 3.17. The summed E-state index contributed by atoms with van der Waals surface area (Å²) in [5, 5.41) is 9.75. The fraction of sp³-hybridized carbons (Fsp3) is 0.222. The first kappa shape index (κ1) is 8.38. The number of aryl methyl sites for hydroxylation is 1. The Morgan fingerprint density at radius 3 is 3.00 bits per heavy atom. The third-order valence-corrected chi connectivity index (χ3v) is 2.24. The number of fused-ring (bicyclic) bond motifs is 1. The van der Waals surface area contributed by atoms with E-state index in [2.05, 4.69) is 4.98 Å². The first-order chi connectivity index (χ1) is 6.22. The summed E-state index contributed by atoms with van der Waals surface area (Å²) in [6.45, 7) is 2.00. The maximum absolute atomic E-state index is 9.27. The third-order valence-electron chi connectivity index (χ3n) is 1.97. The molecule has 0 spiro atoms. The summed E-state index contributed by atoms with van der Waals surface area (Å²) >= 11 is 5.90. The molecule has 2 aromatic heterocycles. The minimum Gasteiger partial charge on any atom is -0.506 e. The number of nitrogens with zero attached hydrogens (tertiary/aromatic N) is 2. The van der Waals surface area contributed by atoms with Crippen LogP contribution in [0, 0.1) is 0 Å². The van der Waals surface area contributed by atoms with Crippen molar-refractivity contribution in [2.75, 3.05) is 0 Å². The van der Waals surface area contributed by atoms with Crippen LogP contribution in [0.1, 0.15) is 12.7 Å². The third kappa shape index (κ3) is 1.25. The number of aromatic hydroxyl groups is 1. The number of rotatable bonds is 1. The molecule has 4 heteroatoms. The quantitative estimate of drug-likeness (QED) is 0.760. The molecule has 3 nitrogen and oxygen atoms in total. The van der Waals surface area contributed by atoms with E-state index >= 15 is 0 Å². The largest absolute Gasteiger partial charge is 0.506 e. The Morgan fingerprint density at radius 1 is 1.54 bits per heavy atom. The van der Waals surface area contributed by atoms with Gasteiger partial charge in [-0.15, -0.1) is 0 Å². The van der Waals surface area contributed by atoms with Crippen LogP contribution in [0.15, 0.2) is 18.3 Å². The Balaban J connectivity index is 2.81. The van der Waals surface area contributed by atoms with Gasteiger partial charge in [0.1, 0.15) is 11.6 Å². The van der Waals surface area contributed by atoms with Gasteiger partial charge in [-0.2, -0.15) is 0 Å². The zero-order chi connectivity index (χ0) is 9.42. The highest BCUT2D eigenvalue weighted by molar-refractivity contribution is 6.32. The highest BCUT2D eigenvalue weighted by atomic mass is 35.5.